The Morgan fingerprint density at radius 2 is 1.61 bits per heavy atom. The van der Waals surface area contributed by atoms with Gasteiger partial charge in [-0.25, -0.2) is 13.6 Å². The molecule has 1 heterocycles. The van der Waals surface area contributed by atoms with Gasteiger partial charge >= 0.3 is 0 Å². The highest BCUT2D eigenvalue weighted by molar-refractivity contribution is 7.89. The fourth-order valence-electron chi connectivity index (χ4n) is 3.13. The molecule has 0 aliphatic carbocycles. The van der Waals surface area contributed by atoms with E-state index < -0.39 is 10.0 Å². The Morgan fingerprint density at radius 1 is 1.00 bits per heavy atom. The number of nitrogens with two attached hydrogens (primary N) is 1. The van der Waals surface area contributed by atoms with E-state index in [0.717, 1.165) is 4.90 Å². The monoisotopic (exact) mass is 403 g/mol. The average molecular weight is 403 g/mol. The number of carbonyl (C=O) groups excluding carboxylic acids is 2. The summed E-state index contributed by atoms with van der Waals surface area (Å²) in [5.41, 5.74) is 1.18. The lowest BCUT2D eigenvalue weighted by molar-refractivity contribution is -0.895. The van der Waals surface area contributed by atoms with Crippen LogP contribution in [-0.2, 0) is 14.8 Å². The first-order valence-corrected chi connectivity index (χ1v) is 10.5. The van der Waals surface area contributed by atoms with Crippen LogP contribution in [0.3, 0.4) is 0 Å². The molecule has 3 rings (SSSR count). The van der Waals surface area contributed by atoms with Gasteiger partial charge < -0.3 is 15.1 Å². The van der Waals surface area contributed by atoms with Crippen LogP contribution in [0, 0.1) is 0 Å². The molecule has 0 radical (unpaired) electrons. The molecule has 4 N–H and O–H groups in total. The molecule has 1 saturated heterocycles. The Bertz CT molecular complexity index is 938. The van der Waals surface area contributed by atoms with Crippen LogP contribution in [0.2, 0.25) is 0 Å². The van der Waals surface area contributed by atoms with E-state index in [1.54, 1.807) is 12.1 Å². The number of nitrogens with zero attached hydrogens (tertiary/aromatic N) is 1. The Kier molecular flexibility index (Phi) is 6.08. The second-order valence-electron chi connectivity index (χ2n) is 6.70. The third-order valence-corrected chi connectivity index (χ3v) is 5.58. The fraction of sp³-hybridized carbons (Fsp3) is 0.263. The smallest absolute Gasteiger partial charge is 0.279 e. The van der Waals surface area contributed by atoms with E-state index in [1.165, 1.54) is 24.3 Å². The molecule has 2 aromatic carbocycles. The maximum absolute atomic E-state index is 12.5. The van der Waals surface area contributed by atoms with Gasteiger partial charge in [-0.1, -0.05) is 18.2 Å². The van der Waals surface area contributed by atoms with Gasteiger partial charge in [0.1, 0.15) is 0 Å². The molecule has 28 heavy (non-hydrogen) atoms. The van der Waals surface area contributed by atoms with Crippen molar-refractivity contribution < 1.29 is 22.9 Å². The second-order valence-corrected chi connectivity index (χ2v) is 8.26. The third-order valence-electron chi connectivity index (χ3n) is 4.66. The molecule has 0 unspecified atom stereocenters. The van der Waals surface area contributed by atoms with E-state index >= 15 is 0 Å². The number of piperazine rings is 1. The number of nitrogens with one attached hydrogen (secondary N) is 2. The van der Waals surface area contributed by atoms with Gasteiger partial charge in [-0.15, -0.1) is 0 Å². The molecule has 9 heteroatoms. The van der Waals surface area contributed by atoms with E-state index in [9.17, 15) is 18.0 Å². The van der Waals surface area contributed by atoms with E-state index in [1.807, 2.05) is 23.1 Å². The maximum atomic E-state index is 12.5. The van der Waals surface area contributed by atoms with Crippen molar-refractivity contribution in [1.82, 2.24) is 4.90 Å². The molecule has 0 bridgehead atoms. The van der Waals surface area contributed by atoms with Gasteiger partial charge in [0, 0.05) is 11.3 Å². The molecule has 1 aliphatic rings. The Balaban J connectivity index is 1.48. The highest BCUT2D eigenvalue weighted by Gasteiger charge is 2.25. The number of quaternary nitrogens is 1. The van der Waals surface area contributed by atoms with Crippen molar-refractivity contribution in [1.29, 1.82) is 0 Å². The van der Waals surface area contributed by atoms with Gasteiger partial charge in [0.15, 0.2) is 6.54 Å². The van der Waals surface area contributed by atoms with Crippen LogP contribution >= 0.6 is 0 Å². The molecule has 0 aromatic heterocycles. The number of primary sulfonamides is 1. The standard InChI is InChI=1S/C19H22N4O4S/c20-28(26,27)17-8-6-16(7-9-17)21-18(24)14-22-10-12-23(13-11-22)19(25)15-4-2-1-3-5-15/h1-9H,10-14H2,(H,21,24)(H2,20,26,27)/p+1. The van der Waals surface area contributed by atoms with Crippen LogP contribution in [0.1, 0.15) is 10.4 Å². The van der Waals surface area contributed by atoms with Crippen LogP contribution in [-0.4, -0.2) is 57.9 Å². The largest absolute Gasteiger partial charge is 0.327 e. The molecule has 1 aliphatic heterocycles. The highest BCUT2D eigenvalue weighted by Crippen LogP contribution is 2.12. The molecule has 0 spiro atoms. The van der Waals surface area contributed by atoms with Gasteiger partial charge in [-0.3, -0.25) is 9.59 Å². The summed E-state index contributed by atoms with van der Waals surface area (Å²) in [6.07, 6.45) is 0. The number of sulfonamides is 1. The van der Waals surface area contributed by atoms with Gasteiger partial charge in [0.25, 0.3) is 11.8 Å². The van der Waals surface area contributed by atoms with Crippen LogP contribution in [0.4, 0.5) is 5.69 Å². The summed E-state index contributed by atoms with van der Waals surface area (Å²) in [4.78, 5) is 27.6. The SMILES string of the molecule is NS(=O)(=O)c1ccc(NC(=O)C[NH+]2CCN(C(=O)c3ccccc3)CC2)cc1. The zero-order chi connectivity index (χ0) is 20.1. The van der Waals surface area contributed by atoms with E-state index in [4.69, 9.17) is 5.14 Å². The van der Waals surface area contributed by atoms with Crippen molar-refractivity contribution in [2.75, 3.05) is 38.0 Å². The number of anilines is 1. The van der Waals surface area contributed by atoms with Crippen molar-refractivity contribution in [3.8, 4) is 0 Å². The minimum absolute atomic E-state index is 0.00432. The highest BCUT2D eigenvalue weighted by atomic mass is 32.2. The number of rotatable bonds is 5. The lowest BCUT2D eigenvalue weighted by Crippen LogP contribution is -3.15. The molecule has 148 valence electrons. The fourth-order valence-corrected chi connectivity index (χ4v) is 3.64. The number of hydrogen-bond donors (Lipinski definition) is 3. The van der Waals surface area contributed by atoms with Crippen molar-refractivity contribution >= 4 is 27.5 Å². The summed E-state index contributed by atoms with van der Waals surface area (Å²) in [5.74, 6) is -0.153. The zero-order valence-corrected chi connectivity index (χ0v) is 16.1. The van der Waals surface area contributed by atoms with Gasteiger partial charge in [-0.2, -0.15) is 0 Å². The molecule has 2 amide bonds. The molecule has 0 atom stereocenters. The lowest BCUT2D eigenvalue weighted by atomic mass is 10.2. The van der Waals surface area contributed by atoms with Crippen LogP contribution in [0.15, 0.2) is 59.5 Å². The first kappa shape index (κ1) is 20.0. The number of hydrogen-bond acceptors (Lipinski definition) is 4. The maximum Gasteiger partial charge on any atom is 0.279 e. The molecular weight excluding hydrogens is 380 g/mol. The first-order valence-electron chi connectivity index (χ1n) is 8.93. The topological polar surface area (TPSA) is 114 Å². The van der Waals surface area contributed by atoms with Crippen molar-refractivity contribution in [3.63, 3.8) is 0 Å². The normalized spacial score (nSPS) is 15.2. The summed E-state index contributed by atoms with van der Waals surface area (Å²) in [6, 6.07) is 14.9. The quantitative estimate of drug-likeness (QED) is 0.613. The predicted octanol–water partition coefficient (Wildman–Crippen LogP) is -0.687. The first-order chi connectivity index (χ1) is 13.3. The predicted molar refractivity (Wildman–Crippen MR) is 104 cm³/mol. The minimum atomic E-state index is -3.75. The average Bonchev–Trinajstić information content (AvgIpc) is 2.68. The van der Waals surface area contributed by atoms with Crippen molar-refractivity contribution in [2.24, 2.45) is 5.14 Å². The lowest BCUT2D eigenvalue weighted by Gasteiger charge is -2.32. The second kappa shape index (κ2) is 8.51. The van der Waals surface area contributed by atoms with Gasteiger partial charge in [0.05, 0.1) is 31.1 Å². The summed E-state index contributed by atoms with van der Waals surface area (Å²) in [5, 5.41) is 7.81. The number of amides is 2. The Labute approximate surface area is 164 Å². The number of benzene rings is 2. The number of carbonyl (C=O) groups is 2. The summed E-state index contributed by atoms with van der Waals surface area (Å²) in [6.45, 7) is 2.86. The van der Waals surface area contributed by atoms with E-state index in [2.05, 4.69) is 5.32 Å². The van der Waals surface area contributed by atoms with E-state index in [-0.39, 0.29) is 23.3 Å². The van der Waals surface area contributed by atoms with E-state index in [0.29, 0.717) is 37.4 Å². The summed E-state index contributed by atoms with van der Waals surface area (Å²) < 4.78 is 22.5. The van der Waals surface area contributed by atoms with Crippen molar-refractivity contribution in [2.45, 2.75) is 4.90 Å². The van der Waals surface area contributed by atoms with Gasteiger partial charge in [0.2, 0.25) is 10.0 Å². The molecule has 2 aromatic rings. The zero-order valence-electron chi connectivity index (χ0n) is 15.3. The van der Waals surface area contributed by atoms with Crippen LogP contribution < -0.4 is 15.4 Å². The molecule has 8 nitrogen and oxygen atoms in total. The summed E-state index contributed by atoms with van der Waals surface area (Å²) in [7, 11) is -3.75. The van der Waals surface area contributed by atoms with Gasteiger partial charge in [-0.05, 0) is 36.4 Å². The summed E-state index contributed by atoms with van der Waals surface area (Å²) >= 11 is 0. The molecule has 1 fully saturated rings. The molecule has 0 saturated carbocycles. The Hall–Kier alpha value is -2.75. The Morgan fingerprint density at radius 3 is 2.18 bits per heavy atom. The van der Waals surface area contributed by atoms with Crippen LogP contribution in [0.5, 0.6) is 0 Å². The third kappa shape index (κ3) is 5.16. The van der Waals surface area contributed by atoms with Crippen LogP contribution in [0.25, 0.3) is 0 Å². The minimum Gasteiger partial charge on any atom is -0.327 e. The molecular formula is C19H23N4O4S+. The van der Waals surface area contributed by atoms with Crippen molar-refractivity contribution in [3.05, 3.63) is 60.2 Å².